The van der Waals surface area contributed by atoms with Gasteiger partial charge in [-0.15, -0.1) is 0 Å². The van der Waals surface area contributed by atoms with Gasteiger partial charge in [0.05, 0.1) is 0 Å². The van der Waals surface area contributed by atoms with Crippen LogP contribution >= 0.6 is 0 Å². The van der Waals surface area contributed by atoms with Crippen molar-refractivity contribution in [3.63, 3.8) is 0 Å². The normalized spacial score (nSPS) is 14.4. The molecule has 0 aliphatic heterocycles. The summed E-state index contributed by atoms with van der Waals surface area (Å²) in [4.78, 5) is 0. The third kappa shape index (κ3) is 11.2. The quantitative estimate of drug-likeness (QED) is 0.258. The van der Waals surface area contributed by atoms with E-state index in [1.807, 2.05) is 0 Å². The van der Waals surface area contributed by atoms with Crippen LogP contribution < -0.4 is 0 Å². The van der Waals surface area contributed by atoms with Gasteiger partial charge in [0.1, 0.15) is 0 Å². The van der Waals surface area contributed by atoms with E-state index in [1.54, 1.807) is 0 Å². The third-order valence-corrected chi connectivity index (χ3v) is 6.64. The molecule has 0 saturated heterocycles. The molecule has 19 heavy (non-hydrogen) atoms. The third-order valence-electron chi connectivity index (χ3n) is 1.04. The van der Waals surface area contributed by atoms with Crippen molar-refractivity contribution in [2.75, 3.05) is 17.0 Å². The van der Waals surface area contributed by atoms with Gasteiger partial charge >= 0.3 is 0 Å². The Kier molecular flexibility index (Phi) is 5.84. The Morgan fingerprint density at radius 1 is 0.632 bits per heavy atom. The van der Waals surface area contributed by atoms with E-state index in [-0.39, 0.29) is 0 Å². The van der Waals surface area contributed by atoms with Gasteiger partial charge in [0.15, 0.2) is 6.79 Å². The molecule has 0 radical (unpaired) electrons. The fourth-order valence-electron chi connectivity index (χ4n) is 0.599. The van der Waals surface area contributed by atoms with Crippen LogP contribution in [0.15, 0.2) is 0 Å². The maximum atomic E-state index is 10.8. The van der Waals surface area contributed by atoms with Crippen LogP contribution in [0.1, 0.15) is 0 Å². The second-order valence-corrected chi connectivity index (χ2v) is 9.78. The molecule has 16 heteroatoms. The van der Waals surface area contributed by atoms with Crippen molar-refractivity contribution in [1.29, 1.82) is 0 Å². The monoisotopic (exact) mass is 364 g/mol. The van der Waals surface area contributed by atoms with E-state index in [1.165, 1.54) is 0 Å². The van der Waals surface area contributed by atoms with Gasteiger partial charge in [-0.3, -0.25) is 9.11 Å². The highest BCUT2D eigenvalue weighted by molar-refractivity contribution is 8.03. The summed E-state index contributed by atoms with van der Waals surface area (Å²) in [6.07, 6.45) is 0. The van der Waals surface area contributed by atoms with Crippen molar-refractivity contribution >= 4 is 40.5 Å². The Morgan fingerprint density at radius 3 is 1.11 bits per heavy atom. The molecule has 0 amide bonds. The van der Waals surface area contributed by atoms with Crippen LogP contribution in [0.25, 0.3) is 0 Å². The first-order valence-corrected chi connectivity index (χ1v) is 10.1. The topological polar surface area (TPSA) is 195 Å². The molecule has 0 heterocycles. The van der Waals surface area contributed by atoms with Crippen molar-refractivity contribution in [3.8, 4) is 0 Å². The minimum atomic E-state index is -4.93. The fourth-order valence-corrected chi connectivity index (χ4v) is 4.51. The van der Waals surface area contributed by atoms with Gasteiger partial charge in [0, 0.05) is 0 Å². The Labute approximate surface area is 109 Å². The molecule has 0 rings (SSSR count). The molecule has 12 nitrogen and oxygen atoms in total. The van der Waals surface area contributed by atoms with Gasteiger partial charge in [-0.25, -0.2) is 8.37 Å². The van der Waals surface area contributed by atoms with E-state index in [0.717, 1.165) is 0 Å². The van der Waals surface area contributed by atoms with Gasteiger partial charge in [-0.2, -0.15) is 33.7 Å². The molecule has 116 valence electrons. The molecule has 0 fully saturated rings. The molecule has 0 bridgehead atoms. The molecule has 0 aromatic rings. The second kappa shape index (κ2) is 5.95. The maximum Gasteiger partial charge on any atom is 0.286 e. The first kappa shape index (κ1) is 18.6. The van der Waals surface area contributed by atoms with Crippen molar-refractivity contribution < 1.29 is 51.1 Å². The Bertz CT molecular complexity index is 640. The summed E-state index contributed by atoms with van der Waals surface area (Å²) in [5, 5.41) is -3.69. The van der Waals surface area contributed by atoms with Gasteiger partial charge in [0.25, 0.3) is 40.5 Å². The largest absolute Gasteiger partial charge is 0.286 e. The molecular formula is C3H8O12S4. The lowest BCUT2D eigenvalue weighted by Crippen LogP contribution is -2.23. The van der Waals surface area contributed by atoms with E-state index in [4.69, 9.17) is 9.11 Å². The molecule has 0 aliphatic carbocycles. The van der Waals surface area contributed by atoms with Crippen LogP contribution in [0.4, 0.5) is 0 Å². The minimum Gasteiger partial charge on any atom is -0.285 e. The van der Waals surface area contributed by atoms with Crippen molar-refractivity contribution in [2.24, 2.45) is 0 Å². The number of hydrogen-bond acceptors (Lipinski definition) is 10. The zero-order valence-electron chi connectivity index (χ0n) is 8.73. The molecule has 0 spiro atoms. The lowest BCUT2D eigenvalue weighted by Gasteiger charge is -2.05. The van der Waals surface area contributed by atoms with Crippen LogP contribution in [0.5, 0.6) is 0 Å². The van der Waals surface area contributed by atoms with E-state index in [0.29, 0.717) is 0 Å². The summed E-state index contributed by atoms with van der Waals surface area (Å²) in [5.41, 5.74) is 0. The predicted octanol–water partition coefficient (Wildman–Crippen LogP) is -2.67. The number of rotatable bonds is 8. The van der Waals surface area contributed by atoms with E-state index < -0.39 is 57.4 Å². The highest BCUT2D eigenvalue weighted by Crippen LogP contribution is 2.02. The summed E-state index contributed by atoms with van der Waals surface area (Å²) in [6.45, 7) is -1.56. The molecule has 0 aliphatic rings. The highest BCUT2D eigenvalue weighted by Gasteiger charge is 2.24. The first-order valence-electron chi connectivity index (χ1n) is 3.76. The summed E-state index contributed by atoms with van der Waals surface area (Å²) in [5.74, 6) is 0. The first-order chi connectivity index (χ1) is 8.12. The van der Waals surface area contributed by atoms with Gasteiger partial charge in [-0.05, 0) is 0 Å². The second-order valence-electron chi connectivity index (χ2n) is 2.87. The molecule has 0 aromatic heterocycles. The summed E-state index contributed by atoms with van der Waals surface area (Å²) in [7, 11) is -19.6. The Morgan fingerprint density at radius 2 is 0.895 bits per heavy atom. The van der Waals surface area contributed by atoms with Crippen molar-refractivity contribution in [1.82, 2.24) is 0 Å². The average molecular weight is 364 g/mol. The summed E-state index contributed by atoms with van der Waals surface area (Å²) >= 11 is 0. The van der Waals surface area contributed by atoms with E-state index >= 15 is 0 Å². The van der Waals surface area contributed by atoms with E-state index in [9.17, 15) is 33.7 Å². The molecule has 0 saturated carbocycles. The van der Waals surface area contributed by atoms with Crippen LogP contribution in [0.2, 0.25) is 0 Å². The van der Waals surface area contributed by atoms with Gasteiger partial charge in [0.2, 0.25) is 10.2 Å². The summed E-state index contributed by atoms with van der Waals surface area (Å²) in [6, 6.07) is 0. The van der Waals surface area contributed by atoms with Gasteiger partial charge in [-0.1, -0.05) is 0 Å². The average Bonchev–Trinajstić information content (AvgIpc) is 1.90. The number of hydrogen-bond donors (Lipinski definition) is 2. The molecule has 0 atom stereocenters. The van der Waals surface area contributed by atoms with E-state index in [2.05, 4.69) is 8.37 Å². The van der Waals surface area contributed by atoms with Crippen molar-refractivity contribution in [2.45, 2.75) is 0 Å². The molecule has 0 unspecified atom stereocenters. The standard InChI is InChI=1S/C3H8O12S4/c4-16(5,6)2-18(10,11)14-1-15-19(12,13)3-17(7,8)9/h1-3H2,(H,4,5,6)(H,7,8,9). The van der Waals surface area contributed by atoms with Crippen LogP contribution in [-0.4, -0.2) is 59.7 Å². The zero-order valence-corrected chi connectivity index (χ0v) is 12.0. The van der Waals surface area contributed by atoms with Crippen LogP contribution in [-0.2, 0) is 48.8 Å². The highest BCUT2D eigenvalue weighted by atomic mass is 32.3. The maximum absolute atomic E-state index is 10.8. The molecule has 0 aromatic carbocycles. The zero-order chi connectivity index (χ0) is 15.5. The van der Waals surface area contributed by atoms with Crippen LogP contribution in [0, 0.1) is 0 Å². The van der Waals surface area contributed by atoms with Gasteiger partial charge < -0.3 is 0 Å². The fraction of sp³-hybridized carbons (Fsp3) is 1.00. The molecular weight excluding hydrogens is 356 g/mol. The van der Waals surface area contributed by atoms with Crippen LogP contribution in [0.3, 0.4) is 0 Å². The summed E-state index contributed by atoms with van der Waals surface area (Å²) < 4.78 is 108. The smallest absolute Gasteiger partial charge is 0.285 e. The lowest BCUT2D eigenvalue weighted by molar-refractivity contribution is 0.134. The SMILES string of the molecule is O=S(=O)(O)CS(=O)(=O)OCOS(=O)(=O)CS(=O)(=O)O. The molecule has 2 N–H and O–H groups in total. The Hall–Kier alpha value is -0.360. The minimum absolute atomic E-state index is 1.56. The Balaban J connectivity index is 4.55. The lowest BCUT2D eigenvalue weighted by atomic mass is 11.6. The predicted molar refractivity (Wildman–Crippen MR) is 57.7 cm³/mol. The van der Waals surface area contributed by atoms with Crippen molar-refractivity contribution in [3.05, 3.63) is 0 Å².